The highest BCUT2D eigenvalue weighted by Crippen LogP contribution is 2.25. The molecule has 2 fully saturated rings. The number of likely N-dealkylation sites (tertiary alicyclic amines) is 1. The molecule has 2 aliphatic heterocycles. The average molecular weight is 367 g/mol. The van der Waals surface area contributed by atoms with E-state index in [0.717, 1.165) is 75.0 Å². The number of hydrogen-bond acceptors (Lipinski definition) is 3. The third-order valence-corrected chi connectivity index (χ3v) is 6.14. The molecule has 5 nitrogen and oxygen atoms in total. The summed E-state index contributed by atoms with van der Waals surface area (Å²) in [5.41, 5.74) is 3.13. The monoisotopic (exact) mass is 366 g/mol. The van der Waals surface area contributed by atoms with Gasteiger partial charge < -0.3 is 10.2 Å². The maximum absolute atomic E-state index is 13.0. The van der Waals surface area contributed by atoms with Crippen molar-refractivity contribution in [2.75, 3.05) is 32.7 Å². The molecule has 0 amide bonds. The van der Waals surface area contributed by atoms with Gasteiger partial charge >= 0.3 is 5.69 Å². The Morgan fingerprint density at radius 1 is 1.19 bits per heavy atom. The fraction of sp³-hybridized carbons (Fsp3) is 0.591. The number of imidazole rings is 1. The number of fused-ring (bicyclic) bond motifs is 1. The van der Waals surface area contributed by atoms with Crippen molar-refractivity contribution in [1.82, 2.24) is 19.4 Å². The van der Waals surface area contributed by atoms with Gasteiger partial charge in [0.1, 0.15) is 0 Å². The van der Waals surface area contributed by atoms with Crippen LogP contribution in [0.4, 0.5) is 0 Å². The Balaban J connectivity index is 1.66. The number of hydrogen-bond donors (Lipinski definition) is 1. The van der Waals surface area contributed by atoms with Crippen molar-refractivity contribution in [3.63, 3.8) is 0 Å². The molecule has 0 radical (unpaired) electrons. The molecular formula is C22H30N4O. The van der Waals surface area contributed by atoms with Crippen LogP contribution in [-0.4, -0.2) is 46.8 Å². The van der Waals surface area contributed by atoms with E-state index >= 15 is 0 Å². The molecule has 2 aliphatic rings. The number of rotatable bonds is 2. The van der Waals surface area contributed by atoms with E-state index in [0.29, 0.717) is 5.92 Å². The predicted molar refractivity (Wildman–Crippen MR) is 110 cm³/mol. The molecule has 4 rings (SSSR count). The van der Waals surface area contributed by atoms with Crippen LogP contribution >= 0.6 is 0 Å². The van der Waals surface area contributed by atoms with E-state index < -0.39 is 0 Å². The minimum atomic E-state index is 0.0939. The zero-order chi connectivity index (χ0) is 18.8. The Bertz CT molecular complexity index is 923. The maximum atomic E-state index is 13.0. The van der Waals surface area contributed by atoms with Crippen LogP contribution in [-0.2, 0) is 7.05 Å². The van der Waals surface area contributed by atoms with Crippen molar-refractivity contribution >= 4 is 11.0 Å². The summed E-state index contributed by atoms with van der Waals surface area (Å²) in [7, 11) is 1.88. The Kier molecular flexibility index (Phi) is 5.38. The molecule has 0 bridgehead atoms. The molecule has 0 saturated carbocycles. The Hall–Kier alpha value is -2.03. The van der Waals surface area contributed by atoms with Gasteiger partial charge in [-0.2, -0.15) is 0 Å². The highest BCUT2D eigenvalue weighted by molar-refractivity contribution is 5.78. The predicted octanol–water partition coefficient (Wildman–Crippen LogP) is 2.35. The van der Waals surface area contributed by atoms with Crippen LogP contribution in [0.25, 0.3) is 11.0 Å². The van der Waals surface area contributed by atoms with Crippen LogP contribution in [0.5, 0.6) is 0 Å². The number of aromatic nitrogens is 2. The molecule has 3 heterocycles. The largest absolute Gasteiger partial charge is 0.329 e. The minimum absolute atomic E-state index is 0.0939. The fourth-order valence-electron chi connectivity index (χ4n) is 4.47. The van der Waals surface area contributed by atoms with E-state index in [1.165, 1.54) is 0 Å². The summed E-state index contributed by atoms with van der Waals surface area (Å²) in [6, 6.07) is 6.52. The molecule has 1 unspecified atom stereocenters. The molecule has 1 aromatic heterocycles. The highest BCUT2D eigenvalue weighted by atomic mass is 16.1. The quantitative estimate of drug-likeness (QED) is 0.830. The summed E-state index contributed by atoms with van der Waals surface area (Å²) in [4.78, 5) is 15.4. The number of likely N-dealkylation sites (N-methyl/N-ethyl adjacent to an activating group) is 1. The molecule has 1 N–H and O–H groups in total. The van der Waals surface area contributed by atoms with Crippen molar-refractivity contribution in [3.8, 4) is 11.8 Å². The molecule has 27 heavy (non-hydrogen) atoms. The van der Waals surface area contributed by atoms with Gasteiger partial charge in [-0.05, 0) is 70.1 Å². The Morgan fingerprint density at radius 3 is 2.78 bits per heavy atom. The molecule has 0 spiro atoms. The van der Waals surface area contributed by atoms with Crippen LogP contribution in [0.1, 0.15) is 44.2 Å². The van der Waals surface area contributed by atoms with Crippen LogP contribution in [0.3, 0.4) is 0 Å². The zero-order valence-electron chi connectivity index (χ0n) is 16.5. The lowest BCUT2D eigenvalue weighted by Crippen LogP contribution is -2.39. The van der Waals surface area contributed by atoms with E-state index in [-0.39, 0.29) is 11.7 Å². The molecular weight excluding hydrogens is 336 g/mol. The smallest absolute Gasteiger partial charge is 0.317 e. The van der Waals surface area contributed by atoms with Crippen LogP contribution in [0, 0.1) is 17.8 Å². The van der Waals surface area contributed by atoms with E-state index in [1.807, 2.05) is 11.6 Å². The van der Waals surface area contributed by atoms with Crippen LogP contribution in [0.2, 0.25) is 0 Å². The van der Waals surface area contributed by atoms with Crippen molar-refractivity contribution < 1.29 is 0 Å². The second-order valence-electron chi connectivity index (χ2n) is 7.90. The summed E-state index contributed by atoms with van der Waals surface area (Å²) in [6.45, 7) is 7.47. The highest BCUT2D eigenvalue weighted by Gasteiger charge is 2.24. The van der Waals surface area contributed by atoms with Gasteiger partial charge in [0.25, 0.3) is 0 Å². The lowest BCUT2D eigenvalue weighted by Gasteiger charge is -2.32. The van der Waals surface area contributed by atoms with Gasteiger partial charge in [0.2, 0.25) is 0 Å². The van der Waals surface area contributed by atoms with Gasteiger partial charge in [0.15, 0.2) is 0 Å². The van der Waals surface area contributed by atoms with E-state index in [9.17, 15) is 4.79 Å². The normalized spacial score (nSPS) is 21.9. The standard InChI is InChI=1S/C22H30N4O/c1-3-25-14-4-5-19(16-25)26-20-9-8-18(15-21(20)24(2)22(26)27)7-6-17-10-12-23-13-11-17/h8-9,15,17,19,23H,3-5,10-14,16H2,1-2H3. The van der Waals surface area contributed by atoms with Gasteiger partial charge in [0.05, 0.1) is 17.1 Å². The van der Waals surface area contributed by atoms with E-state index in [4.69, 9.17) is 0 Å². The van der Waals surface area contributed by atoms with Crippen molar-refractivity contribution in [3.05, 3.63) is 34.2 Å². The third-order valence-electron chi connectivity index (χ3n) is 6.14. The summed E-state index contributed by atoms with van der Waals surface area (Å²) < 4.78 is 3.80. The van der Waals surface area contributed by atoms with E-state index in [1.54, 1.807) is 4.57 Å². The zero-order valence-corrected chi connectivity index (χ0v) is 16.5. The lowest BCUT2D eigenvalue weighted by molar-refractivity contribution is 0.185. The first-order chi connectivity index (χ1) is 13.2. The number of piperidine rings is 2. The van der Waals surface area contributed by atoms with E-state index in [2.05, 4.69) is 47.2 Å². The molecule has 144 valence electrons. The number of nitrogens with zero attached hydrogens (tertiary/aromatic N) is 3. The van der Waals surface area contributed by atoms with Gasteiger partial charge in [-0.1, -0.05) is 18.8 Å². The van der Waals surface area contributed by atoms with Gasteiger partial charge in [-0.15, -0.1) is 0 Å². The molecule has 2 saturated heterocycles. The first-order valence-corrected chi connectivity index (χ1v) is 10.3. The van der Waals surface area contributed by atoms with Crippen molar-refractivity contribution in [2.24, 2.45) is 13.0 Å². The first-order valence-electron chi connectivity index (χ1n) is 10.3. The van der Waals surface area contributed by atoms with Gasteiger partial charge in [0, 0.05) is 25.1 Å². The maximum Gasteiger partial charge on any atom is 0.329 e. The topological polar surface area (TPSA) is 42.2 Å². The Morgan fingerprint density at radius 2 is 2.00 bits per heavy atom. The summed E-state index contributed by atoms with van der Waals surface area (Å²) in [5, 5.41) is 3.38. The average Bonchev–Trinajstić information content (AvgIpc) is 2.97. The first kappa shape index (κ1) is 18.3. The summed E-state index contributed by atoms with van der Waals surface area (Å²) in [6.07, 6.45) is 4.48. The molecule has 1 atom stereocenters. The fourth-order valence-corrected chi connectivity index (χ4v) is 4.47. The molecule has 0 aliphatic carbocycles. The SMILES string of the molecule is CCN1CCCC(n2c(=O)n(C)c3cc(C#CC4CCNCC4)ccc32)C1. The number of nitrogens with one attached hydrogen (secondary N) is 1. The van der Waals surface area contributed by atoms with Crippen LogP contribution in [0.15, 0.2) is 23.0 Å². The molecule has 5 heteroatoms. The lowest BCUT2D eigenvalue weighted by atomic mass is 9.98. The minimum Gasteiger partial charge on any atom is -0.317 e. The summed E-state index contributed by atoms with van der Waals surface area (Å²) in [5.74, 6) is 7.26. The number of benzene rings is 1. The van der Waals surface area contributed by atoms with Crippen molar-refractivity contribution in [2.45, 2.75) is 38.6 Å². The van der Waals surface area contributed by atoms with Gasteiger partial charge in [-0.3, -0.25) is 9.13 Å². The van der Waals surface area contributed by atoms with Crippen LogP contribution < -0.4 is 11.0 Å². The molecule has 1 aromatic carbocycles. The number of aryl methyl sites for hydroxylation is 1. The second kappa shape index (κ2) is 7.92. The second-order valence-corrected chi connectivity index (χ2v) is 7.90. The van der Waals surface area contributed by atoms with Crippen molar-refractivity contribution in [1.29, 1.82) is 0 Å². The van der Waals surface area contributed by atoms with Gasteiger partial charge in [-0.25, -0.2) is 4.79 Å². The summed E-state index contributed by atoms with van der Waals surface area (Å²) >= 11 is 0. The Labute approximate surface area is 161 Å². The third kappa shape index (κ3) is 3.69. The molecule has 2 aromatic rings.